The molecule has 2 aromatic rings. The Hall–Kier alpha value is -1.23. The highest BCUT2D eigenvalue weighted by molar-refractivity contribution is 14.0. The van der Waals surface area contributed by atoms with Crippen LogP contribution in [0, 0.1) is 5.82 Å². The van der Waals surface area contributed by atoms with Gasteiger partial charge in [0.1, 0.15) is 18.0 Å². The number of aryl methyl sites for hydroxylation is 1. The van der Waals surface area contributed by atoms with Gasteiger partial charge in [0.15, 0.2) is 5.96 Å². The third-order valence-corrected chi connectivity index (χ3v) is 3.53. The van der Waals surface area contributed by atoms with E-state index in [2.05, 4.69) is 41.6 Å². The molecule has 0 bridgehead atoms. The molecule has 0 spiro atoms. The third kappa shape index (κ3) is 5.20. The van der Waals surface area contributed by atoms with Crippen LogP contribution in [-0.4, -0.2) is 27.8 Å². The van der Waals surface area contributed by atoms with Crippen LogP contribution in [0.5, 0.6) is 0 Å². The molecule has 0 aliphatic heterocycles. The minimum atomic E-state index is -0.281. The number of aliphatic imine (C=N–C) groups is 1. The largest absolute Gasteiger partial charge is 0.352 e. The Morgan fingerprint density at radius 2 is 2.09 bits per heavy atom. The molecule has 1 aromatic carbocycles. The minimum absolute atomic E-state index is 0. The van der Waals surface area contributed by atoms with E-state index in [1.165, 1.54) is 12.4 Å². The molecule has 1 heterocycles. The van der Waals surface area contributed by atoms with Gasteiger partial charge in [0.25, 0.3) is 0 Å². The Bertz CT molecular complexity index is 645. The maximum absolute atomic E-state index is 13.4. The predicted molar refractivity (Wildman–Crippen MR) is 97.6 cm³/mol. The molecule has 0 fully saturated rings. The standard InChI is InChI=1S/C13H16BrFN6.HI/c1-16-13(18-7-12-19-8-20-21(12)2)17-6-9-3-4-10(14)11(15)5-9;/h3-5,8H,6-7H2,1-2H3,(H2,16,17,18);1H. The molecule has 1 aromatic heterocycles. The number of rotatable bonds is 4. The first-order valence-electron chi connectivity index (χ1n) is 6.31. The van der Waals surface area contributed by atoms with E-state index in [4.69, 9.17) is 0 Å². The first-order chi connectivity index (χ1) is 10.1. The molecule has 0 unspecified atom stereocenters. The molecule has 0 saturated heterocycles. The molecule has 6 nitrogen and oxygen atoms in total. The number of guanidine groups is 1. The predicted octanol–water partition coefficient (Wildman–Crippen LogP) is 2.20. The molecular weight excluding hydrogens is 466 g/mol. The van der Waals surface area contributed by atoms with Crippen LogP contribution in [-0.2, 0) is 20.1 Å². The summed E-state index contributed by atoms with van der Waals surface area (Å²) in [4.78, 5) is 8.22. The van der Waals surface area contributed by atoms with Gasteiger partial charge < -0.3 is 10.6 Å². The maximum atomic E-state index is 13.4. The fourth-order valence-corrected chi connectivity index (χ4v) is 1.95. The van der Waals surface area contributed by atoms with Gasteiger partial charge in [-0.2, -0.15) is 5.10 Å². The van der Waals surface area contributed by atoms with E-state index in [1.54, 1.807) is 17.8 Å². The highest BCUT2D eigenvalue weighted by Gasteiger charge is 2.04. The van der Waals surface area contributed by atoms with Gasteiger partial charge in [0.2, 0.25) is 0 Å². The van der Waals surface area contributed by atoms with Crippen LogP contribution in [0.3, 0.4) is 0 Å². The molecule has 2 rings (SSSR count). The fourth-order valence-electron chi connectivity index (χ4n) is 1.70. The Balaban J connectivity index is 0.00000242. The van der Waals surface area contributed by atoms with E-state index in [0.717, 1.165) is 11.4 Å². The first kappa shape index (κ1) is 18.8. The number of halogens is 3. The van der Waals surface area contributed by atoms with Crippen molar-refractivity contribution in [2.24, 2.45) is 12.0 Å². The van der Waals surface area contributed by atoms with Crippen molar-refractivity contribution in [3.8, 4) is 0 Å². The van der Waals surface area contributed by atoms with Crippen LogP contribution in [0.2, 0.25) is 0 Å². The number of benzene rings is 1. The van der Waals surface area contributed by atoms with Crippen molar-refractivity contribution < 1.29 is 4.39 Å². The van der Waals surface area contributed by atoms with Gasteiger partial charge in [-0.15, -0.1) is 24.0 Å². The van der Waals surface area contributed by atoms with Crippen LogP contribution >= 0.6 is 39.9 Å². The second-order valence-corrected chi connectivity index (χ2v) is 5.18. The highest BCUT2D eigenvalue weighted by atomic mass is 127. The van der Waals surface area contributed by atoms with Crippen LogP contribution in [0.25, 0.3) is 0 Å². The van der Waals surface area contributed by atoms with Gasteiger partial charge in [-0.25, -0.2) is 9.37 Å². The molecule has 0 aliphatic rings. The fraction of sp³-hybridized carbons (Fsp3) is 0.308. The summed E-state index contributed by atoms with van der Waals surface area (Å²) < 4.78 is 15.6. The zero-order chi connectivity index (χ0) is 15.2. The van der Waals surface area contributed by atoms with Crippen molar-refractivity contribution in [2.75, 3.05) is 7.05 Å². The summed E-state index contributed by atoms with van der Waals surface area (Å²) in [6.07, 6.45) is 1.50. The van der Waals surface area contributed by atoms with Crippen LogP contribution in [0.4, 0.5) is 4.39 Å². The smallest absolute Gasteiger partial charge is 0.191 e. The average Bonchev–Trinajstić information content (AvgIpc) is 2.88. The molecule has 0 atom stereocenters. The van der Waals surface area contributed by atoms with E-state index in [9.17, 15) is 4.39 Å². The van der Waals surface area contributed by atoms with E-state index >= 15 is 0 Å². The number of aromatic nitrogens is 3. The Morgan fingerprint density at radius 1 is 1.36 bits per heavy atom. The number of nitrogens with one attached hydrogen (secondary N) is 2. The summed E-state index contributed by atoms with van der Waals surface area (Å²) in [5.41, 5.74) is 0.831. The van der Waals surface area contributed by atoms with E-state index < -0.39 is 0 Å². The lowest BCUT2D eigenvalue weighted by molar-refractivity contribution is 0.617. The van der Waals surface area contributed by atoms with Gasteiger partial charge in [0, 0.05) is 20.6 Å². The summed E-state index contributed by atoms with van der Waals surface area (Å²) in [6, 6.07) is 5.01. The second-order valence-electron chi connectivity index (χ2n) is 4.33. The molecular formula is C13H17BrFIN6. The topological polar surface area (TPSA) is 67.1 Å². The van der Waals surface area contributed by atoms with Crippen molar-refractivity contribution >= 4 is 45.9 Å². The van der Waals surface area contributed by atoms with Crippen molar-refractivity contribution in [1.29, 1.82) is 0 Å². The van der Waals surface area contributed by atoms with Crippen LogP contribution in [0.15, 0.2) is 34.0 Å². The number of nitrogens with zero attached hydrogens (tertiary/aromatic N) is 4. The molecule has 0 radical (unpaired) electrons. The quantitative estimate of drug-likeness (QED) is 0.398. The van der Waals surface area contributed by atoms with Crippen molar-refractivity contribution in [1.82, 2.24) is 25.4 Å². The Labute approximate surface area is 153 Å². The molecule has 9 heteroatoms. The number of hydrogen-bond acceptors (Lipinski definition) is 3. The normalized spacial score (nSPS) is 11.0. The van der Waals surface area contributed by atoms with E-state index in [0.29, 0.717) is 23.5 Å². The monoisotopic (exact) mass is 482 g/mol. The molecule has 0 saturated carbocycles. The summed E-state index contributed by atoms with van der Waals surface area (Å²) in [5.74, 6) is 1.13. The zero-order valence-electron chi connectivity index (χ0n) is 12.2. The lowest BCUT2D eigenvalue weighted by Gasteiger charge is -2.11. The van der Waals surface area contributed by atoms with Gasteiger partial charge in [-0.3, -0.25) is 9.67 Å². The molecule has 22 heavy (non-hydrogen) atoms. The Kier molecular flexibility index (Phi) is 7.73. The zero-order valence-corrected chi connectivity index (χ0v) is 16.1. The lowest BCUT2D eigenvalue weighted by Crippen LogP contribution is -2.36. The highest BCUT2D eigenvalue weighted by Crippen LogP contribution is 2.16. The summed E-state index contributed by atoms with van der Waals surface area (Å²) in [5, 5.41) is 10.2. The Morgan fingerprint density at radius 3 is 2.68 bits per heavy atom. The number of hydrogen-bond donors (Lipinski definition) is 2. The summed E-state index contributed by atoms with van der Waals surface area (Å²) in [6.45, 7) is 0.980. The van der Waals surface area contributed by atoms with Gasteiger partial charge in [-0.1, -0.05) is 6.07 Å². The van der Waals surface area contributed by atoms with Crippen molar-refractivity contribution in [3.05, 3.63) is 46.2 Å². The lowest BCUT2D eigenvalue weighted by atomic mass is 10.2. The van der Waals surface area contributed by atoms with Crippen LogP contribution in [0.1, 0.15) is 11.4 Å². The van der Waals surface area contributed by atoms with Gasteiger partial charge >= 0.3 is 0 Å². The molecule has 2 N–H and O–H groups in total. The summed E-state index contributed by atoms with van der Waals surface area (Å²) in [7, 11) is 3.50. The maximum Gasteiger partial charge on any atom is 0.191 e. The summed E-state index contributed by atoms with van der Waals surface area (Å²) >= 11 is 3.13. The van der Waals surface area contributed by atoms with Crippen molar-refractivity contribution in [2.45, 2.75) is 13.1 Å². The van der Waals surface area contributed by atoms with E-state index in [-0.39, 0.29) is 29.8 Å². The SMILES string of the molecule is CN=C(NCc1ccc(Br)c(F)c1)NCc1ncnn1C.I. The molecule has 0 aliphatic carbocycles. The molecule has 0 amide bonds. The van der Waals surface area contributed by atoms with Crippen LogP contribution < -0.4 is 10.6 Å². The van der Waals surface area contributed by atoms with Crippen molar-refractivity contribution in [3.63, 3.8) is 0 Å². The van der Waals surface area contributed by atoms with E-state index in [1.807, 2.05) is 13.1 Å². The van der Waals surface area contributed by atoms with Gasteiger partial charge in [-0.05, 0) is 33.6 Å². The second kappa shape index (κ2) is 9.03. The first-order valence-corrected chi connectivity index (χ1v) is 7.10. The molecule has 120 valence electrons. The average molecular weight is 483 g/mol. The van der Waals surface area contributed by atoms with Gasteiger partial charge in [0.05, 0.1) is 11.0 Å². The minimum Gasteiger partial charge on any atom is -0.352 e. The third-order valence-electron chi connectivity index (χ3n) is 2.89.